The third kappa shape index (κ3) is 8.80. The van der Waals surface area contributed by atoms with E-state index < -0.39 is 90.8 Å². The molecule has 5 aromatic rings. The van der Waals surface area contributed by atoms with Gasteiger partial charge in [0.05, 0.1) is 44.5 Å². The van der Waals surface area contributed by atoms with Crippen LogP contribution < -0.4 is 20.9 Å². The van der Waals surface area contributed by atoms with Crippen LogP contribution >= 0.6 is 7.82 Å². The van der Waals surface area contributed by atoms with Crippen molar-refractivity contribution in [3.63, 3.8) is 0 Å². The maximum atomic E-state index is 14.6. The fourth-order valence-electron chi connectivity index (χ4n) is 6.93. The molecular formula is C35H39N12O12PS. The molecule has 0 radical (unpaired) electrons. The summed E-state index contributed by atoms with van der Waals surface area (Å²) in [6, 6.07) is 10.4. The van der Waals surface area contributed by atoms with Gasteiger partial charge < -0.3 is 14.8 Å². The van der Waals surface area contributed by atoms with Crippen LogP contribution in [0.5, 0.6) is 0 Å². The fourth-order valence-corrected chi connectivity index (χ4v) is 9.33. The van der Waals surface area contributed by atoms with E-state index in [0.717, 1.165) is 0 Å². The highest BCUT2D eigenvalue weighted by Gasteiger charge is 2.51. The molecule has 3 aliphatic rings. The number of phosphoric ester groups is 1. The minimum atomic E-state index is -4.68. The Morgan fingerprint density at radius 3 is 2.57 bits per heavy atom. The number of carbonyl (C=O) groups excluding carboxylic acids is 2. The van der Waals surface area contributed by atoms with Crippen molar-refractivity contribution in [1.29, 1.82) is 5.26 Å². The lowest BCUT2D eigenvalue weighted by molar-refractivity contribution is -0.118. The van der Waals surface area contributed by atoms with Gasteiger partial charge in [0.25, 0.3) is 11.5 Å². The van der Waals surface area contributed by atoms with E-state index >= 15 is 0 Å². The maximum absolute atomic E-state index is 14.6. The number of hydrogen-bond acceptors (Lipinski definition) is 18. The molecule has 0 spiro atoms. The predicted octanol–water partition coefficient (Wildman–Crippen LogP) is 2.30. The summed E-state index contributed by atoms with van der Waals surface area (Å²) in [6.07, 6.45) is -3.36. The first kappa shape index (κ1) is 42.2. The number of benzene rings is 1. The van der Waals surface area contributed by atoms with Crippen molar-refractivity contribution in [3.8, 4) is 6.07 Å². The zero-order chi connectivity index (χ0) is 43.1. The summed E-state index contributed by atoms with van der Waals surface area (Å²) in [5, 5.41) is 14.5. The van der Waals surface area contributed by atoms with Crippen LogP contribution in [0.1, 0.15) is 56.4 Å². The molecule has 4 N–H and O–H groups in total. The summed E-state index contributed by atoms with van der Waals surface area (Å²) in [5.41, 5.74) is -0.0120. The Labute approximate surface area is 346 Å². The summed E-state index contributed by atoms with van der Waals surface area (Å²) in [4.78, 5) is 62.3. The van der Waals surface area contributed by atoms with E-state index in [9.17, 15) is 32.6 Å². The molecule has 3 fully saturated rings. The number of nitrogens with one attached hydrogen (secondary N) is 4. The smallest absolute Gasteiger partial charge is 0.350 e. The van der Waals surface area contributed by atoms with E-state index in [1.165, 1.54) is 28.1 Å². The second-order valence-electron chi connectivity index (χ2n) is 14.5. The number of phosphoric acid groups is 1. The summed E-state index contributed by atoms with van der Waals surface area (Å²) >= 11 is 0. The van der Waals surface area contributed by atoms with E-state index in [2.05, 4.69) is 45.3 Å². The Bertz CT molecular complexity index is 2720. The number of ether oxygens (including phenoxy) is 2. The first-order valence-corrected chi connectivity index (χ1v) is 21.8. The highest BCUT2D eigenvalue weighted by Crippen LogP contribution is 2.55. The Balaban J connectivity index is 1.09. The molecule has 7 heterocycles. The quantitative estimate of drug-likeness (QED) is 0.122. The second kappa shape index (κ2) is 17.1. The number of carbonyl (C=O) groups is 2. The van der Waals surface area contributed by atoms with Gasteiger partial charge in [0.15, 0.2) is 34.4 Å². The number of nitriles is 1. The minimum absolute atomic E-state index is 0.0448. The Morgan fingerprint density at radius 2 is 1.80 bits per heavy atom. The third-order valence-corrected chi connectivity index (χ3v) is 12.6. The van der Waals surface area contributed by atoms with Gasteiger partial charge in [-0.15, -0.1) is 0 Å². The molecule has 24 nitrogen and oxygen atoms in total. The third-order valence-electron chi connectivity index (χ3n) is 10.1. The van der Waals surface area contributed by atoms with E-state index in [4.69, 9.17) is 27.2 Å². The van der Waals surface area contributed by atoms with Crippen molar-refractivity contribution in [2.75, 3.05) is 30.4 Å². The number of aromatic amines is 1. The lowest BCUT2D eigenvalue weighted by Crippen LogP contribution is -2.39. The van der Waals surface area contributed by atoms with Gasteiger partial charge in [0, 0.05) is 30.4 Å². The average Bonchev–Trinajstić information content (AvgIpc) is 4.02. The van der Waals surface area contributed by atoms with Gasteiger partial charge in [-0.1, -0.05) is 39.0 Å². The van der Waals surface area contributed by atoms with Crippen LogP contribution in [0.3, 0.4) is 0 Å². The molecular weight excluding hydrogens is 843 g/mol. The van der Waals surface area contributed by atoms with Gasteiger partial charge in [-0.2, -0.15) is 23.4 Å². The lowest BCUT2D eigenvalue weighted by atomic mass is 10.0. The molecule has 8 rings (SSSR count). The molecule has 1 aromatic carbocycles. The number of rotatable bonds is 9. The second-order valence-corrected chi connectivity index (χ2v) is 17.5. The highest BCUT2D eigenvalue weighted by molar-refractivity contribution is 7.84. The molecule has 322 valence electrons. The van der Waals surface area contributed by atoms with Crippen LogP contribution in [-0.4, -0.2) is 103 Å². The van der Waals surface area contributed by atoms with Gasteiger partial charge in [0.2, 0.25) is 11.9 Å². The molecule has 3 saturated heterocycles. The monoisotopic (exact) mass is 882 g/mol. The molecule has 2 amide bonds. The zero-order valence-electron chi connectivity index (χ0n) is 32.6. The van der Waals surface area contributed by atoms with Crippen LogP contribution in [0.4, 0.5) is 11.8 Å². The van der Waals surface area contributed by atoms with Crippen LogP contribution in [-0.2, 0) is 46.9 Å². The van der Waals surface area contributed by atoms with Gasteiger partial charge in [-0.3, -0.25) is 51.6 Å². The number of anilines is 2. The molecule has 0 aliphatic carbocycles. The van der Waals surface area contributed by atoms with E-state index in [1.54, 1.807) is 51.1 Å². The largest absolute Gasteiger partial charge is 0.475 e. The molecule has 2 unspecified atom stereocenters. The van der Waals surface area contributed by atoms with Crippen molar-refractivity contribution in [2.45, 2.75) is 70.5 Å². The number of imidazole rings is 2. The normalized spacial score (nSPS) is 27.8. The summed E-state index contributed by atoms with van der Waals surface area (Å²) < 4.78 is 82.9. The van der Waals surface area contributed by atoms with Gasteiger partial charge in [0.1, 0.15) is 30.9 Å². The predicted molar refractivity (Wildman–Crippen MR) is 209 cm³/mol. The molecule has 4 aromatic heterocycles. The molecule has 3 aliphatic heterocycles. The molecule has 2 bridgehead atoms. The standard InChI is InChI=1S/C35H39N12O12PS/c1-18(2)31(48)44-35-43-30-26(33(50)45-35)40-17-47(30)34-27-19(3)22(57-34)13-41-61(52,53)59-21-12-24(56-23(21)14-55-60(51,58-27)54-11-7-10-36)46-16-39-25-28(37-15-38-29(25)46)42-32(49)20-8-5-4-6-9-20/h4-6,8-9,15-19,21-24,27,34,41H,7,11-14H2,1-3H3,(H,37,38,42,49)(H2,43,44,45,48,50)/t19-,21+,22-,23-,24?,27-,34-,60?/m1/s1. The number of aromatic nitrogens is 8. The number of H-pyrrole nitrogens is 1. The summed E-state index contributed by atoms with van der Waals surface area (Å²) in [5.74, 6) is -2.10. The van der Waals surface area contributed by atoms with Crippen molar-refractivity contribution < 1.29 is 49.8 Å². The van der Waals surface area contributed by atoms with Gasteiger partial charge >= 0.3 is 18.1 Å². The number of amides is 2. The van der Waals surface area contributed by atoms with Crippen LogP contribution in [0.25, 0.3) is 22.3 Å². The molecule has 8 atom stereocenters. The van der Waals surface area contributed by atoms with Crippen molar-refractivity contribution in [1.82, 2.24) is 43.8 Å². The molecule has 26 heteroatoms. The van der Waals surface area contributed by atoms with E-state index in [0.29, 0.717) is 5.56 Å². The average molecular weight is 883 g/mol. The first-order valence-electron chi connectivity index (χ1n) is 19.0. The summed E-state index contributed by atoms with van der Waals surface area (Å²) in [6.45, 7) is 3.63. The van der Waals surface area contributed by atoms with E-state index in [1.807, 2.05) is 6.07 Å². The SMILES string of the molecule is CC(C)C(=O)Nc1nc2c(ncn2[C@@H]2O[C@@H]3CNS(=O)(=O)O[C@H]4CC(n5cnc6c(NC(=O)c7ccccc7)ncnc65)O[C@@H]4COP(=O)(OCCC#N)O[C@@H]2[C@@H]3C)c(=O)[nH]1. The maximum Gasteiger partial charge on any atom is 0.475 e. The van der Waals surface area contributed by atoms with Crippen LogP contribution in [0.15, 0.2) is 54.1 Å². The van der Waals surface area contributed by atoms with Gasteiger partial charge in [-0.05, 0) is 12.1 Å². The van der Waals surface area contributed by atoms with E-state index in [-0.39, 0.29) is 60.1 Å². The van der Waals surface area contributed by atoms with Crippen LogP contribution in [0.2, 0.25) is 0 Å². The minimum Gasteiger partial charge on any atom is -0.350 e. The fraction of sp³-hybridized carbons (Fsp3) is 0.457. The molecule has 61 heavy (non-hydrogen) atoms. The summed E-state index contributed by atoms with van der Waals surface area (Å²) in [7, 11) is -9.23. The number of nitrogens with zero attached hydrogens (tertiary/aromatic N) is 8. The van der Waals surface area contributed by atoms with Crippen molar-refractivity contribution in [3.05, 3.63) is 65.2 Å². The van der Waals surface area contributed by atoms with Crippen LogP contribution in [0, 0.1) is 23.2 Å². The topological polar surface area (TPSA) is 308 Å². The zero-order valence-corrected chi connectivity index (χ0v) is 34.3. The highest BCUT2D eigenvalue weighted by atomic mass is 32.2. The number of hydrogen-bond donors (Lipinski definition) is 4. The van der Waals surface area contributed by atoms with Crippen molar-refractivity contribution in [2.24, 2.45) is 11.8 Å². The number of fused-ring (bicyclic) bond motifs is 5. The Hall–Kier alpha value is -5.55. The first-order chi connectivity index (χ1) is 29.2. The van der Waals surface area contributed by atoms with Gasteiger partial charge in [-0.25, -0.2) is 24.5 Å². The Morgan fingerprint density at radius 1 is 1.03 bits per heavy atom. The molecule has 0 saturated carbocycles. The Kier molecular flexibility index (Phi) is 11.8. The lowest BCUT2D eigenvalue weighted by Gasteiger charge is -2.28. The van der Waals surface area contributed by atoms with Crippen molar-refractivity contribution >= 4 is 64.0 Å².